The number of esters is 1. The topological polar surface area (TPSA) is 75.7 Å². The average Bonchev–Trinajstić information content (AvgIpc) is 2.77. The van der Waals surface area contributed by atoms with Gasteiger partial charge < -0.3 is 10.1 Å². The Kier molecular flexibility index (Phi) is 5.68. The summed E-state index contributed by atoms with van der Waals surface area (Å²) in [5.74, 6) is -1.61. The highest BCUT2D eigenvalue weighted by molar-refractivity contribution is 6.09. The first-order chi connectivity index (χ1) is 12.1. The van der Waals surface area contributed by atoms with E-state index in [1.54, 1.807) is 20.8 Å². The Bertz CT molecular complexity index is 696. The van der Waals surface area contributed by atoms with E-state index in [1.165, 1.54) is 24.3 Å². The van der Waals surface area contributed by atoms with Crippen LogP contribution in [0.1, 0.15) is 52.5 Å². The molecule has 0 unspecified atom stereocenters. The molecule has 6 nitrogen and oxygen atoms in total. The first-order valence-electron chi connectivity index (χ1n) is 8.71. The molecule has 0 saturated carbocycles. The maximum atomic E-state index is 13.3. The summed E-state index contributed by atoms with van der Waals surface area (Å²) in [6.07, 6.45) is 1.87. The lowest BCUT2D eigenvalue weighted by Gasteiger charge is -2.27. The zero-order valence-corrected chi connectivity index (χ0v) is 15.6. The number of unbranched alkanes of at least 4 members (excludes halogenated alkanes) is 1. The number of carbonyl (C=O) groups is 3. The predicted molar refractivity (Wildman–Crippen MR) is 93.7 cm³/mol. The second kappa shape index (κ2) is 7.43. The quantitative estimate of drug-likeness (QED) is 0.622. The van der Waals surface area contributed by atoms with Crippen molar-refractivity contribution < 1.29 is 23.5 Å². The van der Waals surface area contributed by atoms with E-state index >= 15 is 0 Å². The molecule has 7 heteroatoms. The molecule has 1 heterocycles. The molecule has 1 aromatic carbocycles. The maximum Gasteiger partial charge on any atom is 0.326 e. The fourth-order valence-corrected chi connectivity index (χ4v) is 2.96. The number of urea groups is 1. The minimum atomic E-state index is -1.29. The van der Waals surface area contributed by atoms with Crippen LogP contribution in [-0.2, 0) is 19.9 Å². The Hall–Kier alpha value is -2.44. The van der Waals surface area contributed by atoms with Crippen LogP contribution in [-0.4, -0.2) is 35.0 Å². The van der Waals surface area contributed by atoms with Crippen LogP contribution in [0.5, 0.6) is 0 Å². The lowest BCUT2D eigenvalue weighted by molar-refractivity contribution is -0.157. The molecule has 2 rings (SSSR count). The number of halogens is 1. The Morgan fingerprint density at radius 3 is 2.38 bits per heavy atom. The van der Waals surface area contributed by atoms with Gasteiger partial charge in [-0.2, -0.15) is 0 Å². The lowest BCUT2D eigenvalue weighted by atomic mass is 9.85. The highest BCUT2D eigenvalue weighted by Crippen LogP contribution is 2.34. The van der Waals surface area contributed by atoms with Gasteiger partial charge in [0.15, 0.2) is 0 Å². The van der Waals surface area contributed by atoms with Gasteiger partial charge in [-0.3, -0.25) is 14.5 Å². The van der Waals surface area contributed by atoms with Crippen molar-refractivity contribution in [2.45, 2.75) is 58.1 Å². The third-order valence-electron chi connectivity index (χ3n) is 4.13. The van der Waals surface area contributed by atoms with E-state index in [9.17, 15) is 18.8 Å². The summed E-state index contributed by atoms with van der Waals surface area (Å²) < 4.78 is 18.5. The van der Waals surface area contributed by atoms with Crippen molar-refractivity contribution in [2.75, 3.05) is 6.54 Å². The molecule has 1 aromatic rings. The van der Waals surface area contributed by atoms with Gasteiger partial charge in [-0.25, -0.2) is 9.18 Å². The van der Waals surface area contributed by atoms with Gasteiger partial charge in [0.2, 0.25) is 0 Å². The summed E-state index contributed by atoms with van der Waals surface area (Å²) in [6.45, 7) is 6.64. The van der Waals surface area contributed by atoms with Crippen LogP contribution in [0.2, 0.25) is 0 Å². The molecule has 1 N–H and O–H groups in total. The second-order valence-electron chi connectivity index (χ2n) is 7.42. The second-order valence-corrected chi connectivity index (χ2v) is 7.42. The van der Waals surface area contributed by atoms with Crippen molar-refractivity contribution >= 4 is 17.9 Å². The summed E-state index contributed by atoms with van der Waals surface area (Å²) >= 11 is 0. The summed E-state index contributed by atoms with van der Waals surface area (Å²) in [6, 6.07) is 4.82. The van der Waals surface area contributed by atoms with Crippen molar-refractivity contribution in [3.8, 4) is 0 Å². The number of hydrogen-bond donors (Lipinski definition) is 1. The van der Waals surface area contributed by atoms with Crippen molar-refractivity contribution in [1.82, 2.24) is 10.2 Å². The van der Waals surface area contributed by atoms with E-state index in [0.29, 0.717) is 18.4 Å². The molecular formula is C19H25FN2O4. The molecule has 1 fully saturated rings. The monoisotopic (exact) mass is 364 g/mol. The molecule has 142 valence electrons. The highest BCUT2D eigenvalue weighted by atomic mass is 19.1. The fraction of sp³-hybridized carbons (Fsp3) is 0.526. The zero-order valence-electron chi connectivity index (χ0n) is 15.6. The molecule has 1 saturated heterocycles. The van der Waals surface area contributed by atoms with E-state index in [2.05, 4.69) is 5.32 Å². The summed E-state index contributed by atoms with van der Waals surface area (Å²) in [5.41, 5.74) is -1.51. The molecule has 0 aromatic heterocycles. The van der Waals surface area contributed by atoms with Gasteiger partial charge in [-0.15, -0.1) is 0 Å². The van der Waals surface area contributed by atoms with Gasteiger partial charge in [0.05, 0.1) is 0 Å². The number of nitrogens with one attached hydrogen (secondary N) is 1. The molecule has 26 heavy (non-hydrogen) atoms. The van der Waals surface area contributed by atoms with Gasteiger partial charge in [0, 0.05) is 0 Å². The largest absolute Gasteiger partial charge is 0.459 e. The first kappa shape index (κ1) is 19.9. The van der Waals surface area contributed by atoms with Crippen LogP contribution < -0.4 is 5.32 Å². The zero-order chi connectivity index (χ0) is 19.5. The molecule has 1 aliphatic heterocycles. The van der Waals surface area contributed by atoms with Gasteiger partial charge in [-0.05, 0) is 44.9 Å². The van der Waals surface area contributed by atoms with Crippen molar-refractivity contribution in [1.29, 1.82) is 0 Å². The maximum absolute atomic E-state index is 13.3. The van der Waals surface area contributed by atoms with E-state index in [0.717, 1.165) is 11.3 Å². The molecule has 1 atom stereocenters. The molecule has 0 spiro atoms. The summed E-state index contributed by atoms with van der Waals surface area (Å²) in [7, 11) is 0. The van der Waals surface area contributed by atoms with Crippen LogP contribution >= 0.6 is 0 Å². The Morgan fingerprint density at radius 1 is 1.23 bits per heavy atom. The number of rotatable bonds is 6. The number of amides is 3. The Labute approximate surface area is 152 Å². The van der Waals surface area contributed by atoms with Gasteiger partial charge in [0.1, 0.15) is 23.5 Å². The van der Waals surface area contributed by atoms with Gasteiger partial charge in [0.25, 0.3) is 5.91 Å². The lowest BCUT2D eigenvalue weighted by Crippen LogP contribution is -2.44. The smallest absolute Gasteiger partial charge is 0.326 e. The number of carbonyl (C=O) groups excluding carboxylic acids is 3. The minimum absolute atomic E-state index is 0.366. The van der Waals surface area contributed by atoms with E-state index in [4.69, 9.17) is 4.74 Å². The molecule has 0 aliphatic carbocycles. The van der Waals surface area contributed by atoms with Crippen molar-refractivity contribution in [3.05, 3.63) is 35.6 Å². The van der Waals surface area contributed by atoms with E-state index in [-0.39, 0.29) is 0 Å². The van der Waals surface area contributed by atoms with Gasteiger partial charge >= 0.3 is 12.0 Å². The molecule has 3 amide bonds. The van der Waals surface area contributed by atoms with Crippen molar-refractivity contribution in [3.63, 3.8) is 0 Å². The van der Waals surface area contributed by atoms with Crippen LogP contribution in [0.25, 0.3) is 0 Å². The van der Waals surface area contributed by atoms with Crippen LogP contribution in [0, 0.1) is 5.82 Å². The van der Waals surface area contributed by atoms with Crippen LogP contribution in [0.4, 0.5) is 9.18 Å². The molecular weight excluding hydrogens is 339 g/mol. The number of nitrogens with zero attached hydrogens (tertiary/aromatic N) is 1. The normalized spacial score (nSPS) is 20.3. The number of hydrogen-bond acceptors (Lipinski definition) is 4. The Morgan fingerprint density at radius 2 is 1.85 bits per heavy atom. The van der Waals surface area contributed by atoms with E-state index in [1.807, 2.05) is 6.92 Å². The van der Waals surface area contributed by atoms with Crippen molar-refractivity contribution in [2.24, 2.45) is 0 Å². The highest BCUT2D eigenvalue weighted by Gasteiger charge is 2.52. The standard InChI is InChI=1S/C19H25FN2O4/c1-5-6-11-19(13-7-9-14(20)10-8-13)16(24)22(17(25)21-19)12-15(23)26-18(2,3)4/h7-10H,5-6,11-12H2,1-4H3,(H,21,25)/t19-/m0/s1. The summed E-state index contributed by atoms with van der Waals surface area (Å²) in [4.78, 5) is 38.4. The average molecular weight is 364 g/mol. The third-order valence-corrected chi connectivity index (χ3v) is 4.13. The predicted octanol–water partition coefficient (Wildman–Crippen LogP) is 3.10. The SMILES string of the molecule is CCCC[C@@]1(c2ccc(F)cc2)NC(=O)N(CC(=O)OC(C)(C)C)C1=O. The van der Waals surface area contributed by atoms with E-state index < -0.39 is 41.4 Å². The number of benzene rings is 1. The summed E-state index contributed by atoms with van der Waals surface area (Å²) in [5, 5.41) is 2.71. The van der Waals surface area contributed by atoms with Gasteiger partial charge in [-0.1, -0.05) is 31.9 Å². The first-order valence-corrected chi connectivity index (χ1v) is 8.71. The molecule has 0 radical (unpaired) electrons. The molecule has 1 aliphatic rings. The number of imide groups is 1. The third kappa shape index (κ3) is 4.20. The van der Waals surface area contributed by atoms with Crippen LogP contribution in [0.3, 0.4) is 0 Å². The van der Waals surface area contributed by atoms with Crippen LogP contribution in [0.15, 0.2) is 24.3 Å². The minimum Gasteiger partial charge on any atom is -0.459 e. The number of ether oxygens (including phenoxy) is 1. The Balaban J connectivity index is 2.30. The fourth-order valence-electron chi connectivity index (χ4n) is 2.96. The molecule has 0 bridgehead atoms.